The number of pyridine rings is 1. The van der Waals surface area contributed by atoms with Crippen LogP contribution in [0.15, 0.2) is 47.6 Å². The first-order valence-corrected chi connectivity index (χ1v) is 11.1. The molecule has 0 aliphatic carbocycles. The molecule has 1 aromatic heterocycles. The van der Waals surface area contributed by atoms with Crippen LogP contribution in [0.2, 0.25) is 0 Å². The molecule has 7 heteroatoms. The molecule has 0 amide bonds. The van der Waals surface area contributed by atoms with Gasteiger partial charge in [0.1, 0.15) is 5.82 Å². The highest BCUT2D eigenvalue weighted by molar-refractivity contribution is 14.0. The van der Waals surface area contributed by atoms with Gasteiger partial charge in [-0.05, 0) is 43.7 Å². The van der Waals surface area contributed by atoms with Gasteiger partial charge in [0.15, 0.2) is 5.96 Å². The lowest BCUT2D eigenvalue weighted by atomic mass is 10.1. The van der Waals surface area contributed by atoms with E-state index in [0.717, 1.165) is 63.9 Å². The maximum absolute atomic E-state index is 4.84. The molecule has 170 valence electrons. The highest BCUT2D eigenvalue weighted by atomic mass is 127. The number of guanidine groups is 1. The van der Waals surface area contributed by atoms with Crippen LogP contribution in [-0.2, 0) is 13.1 Å². The summed E-state index contributed by atoms with van der Waals surface area (Å²) in [5, 5.41) is 6.94. The van der Waals surface area contributed by atoms with Gasteiger partial charge in [-0.1, -0.05) is 43.2 Å². The van der Waals surface area contributed by atoms with Crippen molar-refractivity contribution >= 4 is 35.8 Å². The summed E-state index contributed by atoms with van der Waals surface area (Å²) in [6, 6.07) is 12.9. The number of rotatable bonds is 8. The van der Waals surface area contributed by atoms with Crippen LogP contribution in [0, 0.1) is 6.92 Å². The summed E-state index contributed by atoms with van der Waals surface area (Å²) in [5.74, 6) is 1.92. The van der Waals surface area contributed by atoms with Crippen molar-refractivity contribution in [2.75, 3.05) is 44.7 Å². The number of aryl methyl sites for hydroxylation is 1. The lowest BCUT2D eigenvalue weighted by molar-refractivity contribution is 0.312. The Hall–Kier alpha value is -1.87. The van der Waals surface area contributed by atoms with Gasteiger partial charge in [-0.2, -0.15) is 0 Å². The molecule has 0 radical (unpaired) electrons. The monoisotopic (exact) mass is 536 g/mol. The fourth-order valence-electron chi connectivity index (χ4n) is 3.39. The number of anilines is 1. The van der Waals surface area contributed by atoms with Crippen molar-refractivity contribution in [2.24, 2.45) is 4.99 Å². The third-order valence-electron chi connectivity index (χ3n) is 5.46. The number of aliphatic imine (C=N–C) groups is 1. The molecule has 1 saturated heterocycles. The number of likely N-dealkylation sites (N-methyl/N-ethyl adjacent to an activating group) is 1. The van der Waals surface area contributed by atoms with E-state index in [1.807, 2.05) is 6.20 Å². The summed E-state index contributed by atoms with van der Waals surface area (Å²) >= 11 is 0. The number of halogens is 1. The molecule has 1 fully saturated rings. The summed E-state index contributed by atoms with van der Waals surface area (Å²) in [4.78, 5) is 14.1. The zero-order valence-corrected chi connectivity index (χ0v) is 21.4. The molecule has 0 unspecified atom stereocenters. The standard InChI is InChI=1S/C24H36N6.HI/c1-4-5-11-26-24(27-18-21-8-6-20(2)7-9-21)28-19-22-10-12-25-23(17-22)30-15-13-29(3)14-16-30;/h6-10,12,17H,4-5,11,13-16,18-19H2,1-3H3,(H2,26,27,28);1H. The minimum Gasteiger partial charge on any atom is -0.356 e. The minimum absolute atomic E-state index is 0. The second-order valence-corrected chi connectivity index (χ2v) is 8.10. The third kappa shape index (κ3) is 8.65. The molecule has 0 spiro atoms. The van der Waals surface area contributed by atoms with Crippen molar-refractivity contribution in [3.63, 3.8) is 0 Å². The Bertz CT molecular complexity index is 800. The molecule has 0 saturated carbocycles. The van der Waals surface area contributed by atoms with E-state index in [-0.39, 0.29) is 24.0 Å². The molecular formula is C24H37IN6. The van der Waals surface area contributed by atoms with Crippen molar-refractivity contribution < 1.29 is 0 Å². The minimum atomic E-state index is 0. The number of aromatic nitrogens is 1. The Morgan fingerprint density at radius 2 is 1.77 bits per heavy atom. The lowest BCUT2D eigenvalue weighted by Gasteiger charge is -2.33. The lowest BCUT2D eigenvalue weighted by Crippen LogP contribution is -2.44. The summed E-state index contributed by atoms with van der Waals surface area (Å²) in [5.41, 5.74) is 3.72. The number of nitrogens with zero attached hydrogens (tertiary/aromatic N) is 4. The van der Waals surface area contributed by atoms with Crippen LogP contribution >= 0.6 is 24.0 Å². The first-order valence-electron chi connectivity index (χ1n) is 11.1. The molecule has 6 nitrogen and oxygen atoms in total. The quantitative estimate of drug-likeness (QED) is 0.233. The first kappa shape index (κ1) is 25.4. The van der Waals surface area contributed by atoms with E-state index in [4.69, 9.17) is 4.99 Å². The van der Waals surface area contributed by atoms with E-state index in [9.17, 15) is 0 Å². The van der Waals surface area contributed by atoms with Gasteiger partial charge in [-0.25, -0.2) is 9.98 Å². The molecule has 0 bridgehead atoms. The zero-order chi connectivity index (χ0) is 21.2. The highest BCUT2D eigenvalue weighted by Crippen LogP contribution is 2.15. The Balaban J connectivity index is 0.00000341. The van der Waals surface area contributed by atoms with Crippen molar-refractivity contribution in [2.45, 2.75) is 39.8 Å². The number of nitrogens with one attached hydrogen (secondary N) is 2. The van der Waals surface area contributed by atoms with Gasteiger partial charge in [0, 0.05) is 45.5 Å². The Labute approximate surface area is 204 Å². The molecule has 2 aromatic rings. The van der Waals surface area contributed by atoms with Crippen molar-refractivity contribution in [3.8, 4) is 0 Å². The zero-order valence-electron chi connectivity index (χ0n) is 19.1. The summed E-state index contributed by atoms with van der Waals surface area (Å²) in [6.45, 7) is 10.9. The van der Waals surface area contributed by atoms with Gasteiger partial charge in [0.25, 0.3) is 0 Å². The molecule has 2 N–H and O–H groups in total. The Morgan fingerprint density at radius 3 is 2.48 bits per heavy atom. The van der Waals surface area contributed by atoms with Crippen LogP contribution in [0.4, 0.5) is 5.82 Å². The van der Waals surface area contributed by atoms with E-state index in [0.29, 0.717) is 6.54 Å². The van der Waals surface area contributed by atoms with E-state index < -0.39 is 0 Å². The average molecular weight is 537 g/mol. The smallest absolute Gasteiger partial charge is 0.191 e. The van der Waals surface area contributed by atoms with Crippen molar-refractivity contribution in [1.29, 1.82) is 0 Å². The second kappa shape index (κ2) is 13.5. The Morgan fingerprint density at radius 1 is 1.03 bits per heavy atom. The van der Waals surface area contributed by atoms with Gasteiger partial charge in [0.2, 0.25) is 0 Å². The maximum Gasteiger partial charge on any atom is 0.191 e. The third-order valence-corrected chi connectivity index (χ3v) is 5.46. The van der Waals surface area contributed by atoms with E-state index >= 15 is 0 Å². The SMILES string of the molecule is CCCCNC(=NCc1ccnc(N2CCN(C)CC2)c1)NCc1ccc(C)cc1.I. The van der Waals surface area contributed by atoms with Crippen LogP contribution in [0.3, 0.4) is 0 Å². The van der Waals surface area contributed by atoms with Crippen LogP contribution in [0.25, 0.3) is 0 Å². The van der Waals surface area contributed by atoms with E-state index in [1.54, 1.807) is 0 Å². The van der Waals surface area contributed by atoms with Gasteiger partial charge < -0.3 is 20.4 Å². The maximum atomic E-state index is 4.84. The molecule has 0 atom stereocenters. The van der Waals surface area contributed by atoms with Crippen LogP contribution in [0.1, 0.15) is 36.5 Å². The number of hydrogen-bond donors (Lipinski definition) is 2. The van der Waals surface area contributed by atoms with Crippen molar-refractivity contribution in [1.82, 2.24) is 20.5 Å². The van der Waals surface area contributed by atoms with E-state index in [2.05, 4.69) is 82.7 Å². The highest BCUT2D eigenvalue weighted by Gasteiger charge is 2.15. The number of benzene rings is 1. The summed E-state index contributed by atoms with van der Waals surface area (Å²) in [7, 11) is 2.17. The molecular weight excluding hydrogens is 499 g/mol. The number of unbranched alkanes of at least 4 members (excludes halogenated alkanes) is 1. The van der Waals surface area contributed by atoms with E-state index in [1.165, 1.54) is 16.7 Å². The summed E-state index contributed by atoms with van der Waals surface area (Å²) in [6.07, 6.45) is 4.20. The fraction of sp³-hybridized carbons (Fsp3) is 0.500. The molecule has 1 aliphatic heterocycles. The predicted octanol–water partition coefficient (Wildman–Crippen LogP) is 3.80. The largest absolute Gasteiger partial charge is 0.356 e. The molecule has 1 aromatic carbocycles. The first-order chi connectivity index (χ1) is 14.6. The normalized spacial score (nSPS) is 14.8. The molecule has 31 heavy (non-hydrogen) atoms. The second-order valence-electron chi connectivity index (χ2n) is 8.10. The molecule has 3 rings (SSSR count). The average Bonchev–Trinajstić information content (AvgIpc) is 2.77. The molecule has 1 aliphatic rings. The fourth-order valence-corrected chi connectivity index (χ4v) is 3.39. The number of piperazine rings is 1. The number of hydrogen-bond acceptors (Lipinski definition) is 4. The van der Waals surface area contributed by atoms with Gasteiger partial charge in [0.05, 0.1) is 6.54 Å². The van der Waals surface area contributed by atoms with Crippen LogP contribution in [0.5, 0.6) is 0 Å². The molecule has 2 heterocycles. The van der Waals surface area contributed by atoms with Crippen molar-refractivity contribution in [3.05, 3.63) is 59.3 Å². The van der Waals surface area contributed by atoms with Gasteiger partial charge in [-0.15, -0.1) is 24.0 Å². The van der Waals surface area contributed by atoms with Gasteiger partial charge >= 0.3 is 0 Å². The van der Waals surface area contributed by atoms with Gasteiger partial charge in [-0.3, -0.25) is 0 Å². The predicted molar refractivity (Wildman–Crippen MR) is 141 cm³/mol. The topological polar surface area (TPSA) is 55.8 Å². The van der Waals surface area contributed by atoms with Crippen LogP contribution in [-0.4, -0.2) is 55.6 Å². The van der Waals surface area contributed by atoms with Crippen LogP contribution < -0.4 is 15.5 Å². The Kier molecular flexibility index (Phi) is 11.1. The summed E-state index contributed by atoms with van der Waals surface area (Å²) < 4.78 is 0.